The Hall–Kier alpha value is -3.10. The van der Waals surface area contributed by atoms with E-state index >= 15 is 0 Å². The van der Waals surface area contributed by atoms with Gasteiger partial charge >= 0.3 is 195 Å². The van der Waals surface area contributed by atoms with Crippen LogP contribution >= 0.6 is 20.5 Å². The number of pyridine rings is 2. The molecule has 33 heavy (non-hydrogen) atoms. The summed E-state index contributed by atoms with van der Waals surface area (Å²) in [4.78, 5) is 8.19. The molecule has 0 amide bonds. The van der Waals surface area contributed by atoms with E-state index in [2.05, 4.69) is 20.2 Å². The van der Waals surface area contributed by atoms with Gasteiger partial charge in [-0.2, -0.15) is 0 Å². The molecular weight excluding hydrogens is 554 g/mol. The Bertz CT molecular complexity index is 1200. The van der Waals surface area contributed by atoms with Crippen LogP contribution in [0.3, 0.4) is 0 Å². The van der Waals surface area contributed by atoms with E-state index in [0.29, 0.717) is 26.0 Å². The number of hydrogen-bond acceptors (Lipinski definition) is 8. The van der Waals surface area contributed by atoms with Crippen LogP contribution in [-0.4, -0.2) is 28.6 Å². The minimum atomic E-state index is -2.86. The van der Waals surface area contributed by atoms with Crippen LogP contribution in [0.15, 0.2) is 75.1 Å². The van der Waals surface area contributed by atoms with Gasteiger partial charge in [-0.25, -0.2) is 0 Å². The molecule has 0 aliphatic carbocycles. The van der Waals surface area contributed by atoms with Gasteiger partial charge in [0.15, 0.2) is 0 Å². The predicted octanol–water partition coefficient (Wildman–Crippen LogP) is 5.82. The summed E-state index contributed by atoms with van der Waals surface area (Å²) >= 11 is -2.63. The van der Waals surface area contributed by atoms with Crippen molar-refractivity contribution in [1.82, 2.24) is 23.4 Å². The summed E-state index contributed by atoms with van der Waals surface area (Å²) in [5.41, 5.74) is 1.88. The van der Waals surface area contributed by atoms with Gasteiger partial charge in [-0.3, -0.25) is 0 Å². The Kier molecular flexibility index (Phi) is 7.15. The second-order valence-corrected chi connectivity index (χ2v) is 10.7. The zero-order valence-corrected chi connectivity index (χ0v) is 19.2. The first-order valence-corrected chi connectivity index (χ1v) is 12.4. The zero-order chi connectivity index (χ0) is 23.4. The standard InChI is InChI=1S/C21H17F3IN5O3/c1-2-17(13-4-3-7-26-9-13)18(22)8-15-12-32-25(15)30(31)11-16-6-5-14(10-27-16)20-28-29-21(33-20)19(23)24/h2-10,12,19,31H,11H2,1H3/b17-2-,18-8+. The van der Waals surface area contributed by atoms with Gasteiger partial charge in [0.25, 0.3) is 0 Å². The molecule has 0 bridgehead atoms. The number of halogens is 4. The molecule has 1 N–H and O–H groups in total. The van der Waals surface area contributed by atoms with Crippen molar-refractivity contribution in [3.05, 3.63) is 87.8 Å². The fourth-order valence-electron chi connectivity index (χ4n) is 2.81. The molecule has 0 saturated heterocycles. The van der Waals surface area contributed by atoms with Gasteiger partial charge < -0.3 is 0 Å². The molecule has 0 saturated carbocycles. The Labute approximate surface area is 194 Å². The normalized spacial score (nSPS) is 15.5. The van der Waals surface area contributed by atoms with Crippen LogP contribution in [0.25, 0.3) is 17.0 Å². The van der Waals surface area contributed by atoms with Crippen LogP contribution in [0.1, 0.15) is 30.5 Å². The maximum atomic E-state index is 14.9. The summed E-state index contributed by atoms with van der Waals surface area (Å²) in [6.07, 6.45) is 6.11. The Morgan fingerprint density at radius 3 is 2.67 bits per heavy atom. The van der Waals surface area contributed by atoms with Crippen molar-refractivity contribution < 1.29 is 25.9 Å². The summed E-state index contributed by atoms with van der Waals surface area (Å²) in [6.45, 7) is 1.76. The molecule has 3 aromatic rings. The molecule has 4 heterocycles. The first-order valence-electron chi connectivity index (χ1n) is 9.51. The number of nitrogens with zero attached hydrogens (tertiary/aromatic N) is 5. The number of hydrogen-bond donors (Lipinski definition) is 1. The molecule has 0 radical (unpaired) electrons. The summed E-state index contributed by atoms with van der Waals surface area (Å²) in [5.74, 6) is -1.31. The van der Waals surface area contributed by atoms with Crippen molar-refractivity contribution in [3.8, 4) is 11.5 Å². The Morgan fingerprint density at radius 2 is 2.09 bits per heavy atom. The van der Waals surface area contributed by atoms with E-state index in [1.165, 1.54) is 18.5 Å². The van der Waals surface area contributed by atoms with Gasteiger partial charge in [0.1, 0.15) is 0 Å². The van der Waals surface area contributed by atoms with Crippen LogP contribution < -0.4 is 0 Å². The topological polar surface area (TPSA) is 97.4 Å². The van der Waals surface area contributed by atoms with E-state index in [-0.39, 0.29) is 12.4 Å². The third-order valence-electron chi connectivity index (χ3n) is 4.38. The molecule has 4 rings (SSSR count). The first kappa shape index (κ1) is 23.1. The average molecular weight is 571 g/mol. The summed E-state index contributed by atoms with van der Waals surface area (Å²) in [6, 6.07) is 6.63. The fraction of sp³-hybridized carbons (Fsp3) is 0.143. The number of aromatic nitrogens is 4. The predicted molar refractivity (Wildman–Crippen MR) is 120 cm³/mol. The van der Waals surface area contributed by atoms with Crippen molar-refractivity contribution in [2.75, 3.05) is 0 Å². The van der Waals surface area contributed by atoms with Gasteiger partial charge in [0.05, 0.1) is 0 Å². The molecule has 12 heteroatoms. The third kappa shape index (κ3) is 5.29. The molecule has 172 valence electrons. The van der Waals surface area contributed by atoms with Crippen LogP contribution in [0.2, 0.25) is 0 Å². The molecule has 1 aliphatic rings. The van der Waals surface area contributed by atoms with E-state index in [1.54, 1.807) is 49.7 Å². The van der Waals surface area contributed by atoms with Crippen LogP contribution in [0.4, 0.5) is 13.2 Å². The molecule has 8 nitrogen and oxygen atoms in total. The molecule has 3 aromatic heterocycles. The average Bonchev–Trinajstić information content (AvgIpc) is 3.29. The minimum absolute atomic E-state index is 0.0309. The second kappa shape index (κ2) is 10.2. The molecule has 0 spiro atoms. The van der Waals surface area contributed by atoms with Crippen LogP contribution in [-0.2, 0) is 9.61 Å². The number of rotatable bonds is 8. The van der Waals surface area contributed by atoms with Crippen LogP contribution in [0.5, 0.6) is 0 Å². The molecule has 0 unspecified atom stereocenters. The van der Waals surface area contributed by atoms with E-state index in [4.69, 9.17) is 7.48 Å². The van der Waals surface area contributed by atoms with Crippen molar-refractivity contribution in [2.24, 2.45) is 0 Å². The zero-order valence-electron chi connectivity index (χ0n) is 17.1. The maximum absolute atomic E-state index is 14.9. The number of allylic oxidation sites excluding steroid dienone is 5. The summed E-state index contributed by atoms with van der Waals surface area (Å²) in [5, 5.41) is 17.3. The van der Waals surface area contributed by atoms with Crippen molar-refractivity contribution in [2.45, 2.75) is 19.9 Å². The number of hydroxylamine groups is 1. The van der Waals surface area contributed by atoms with Gasteiger partial charge in [0, 0.05) is 0 Å². The summed E-state index contributed by atoms with van der Waals surface area (Å²) < 4.78 is 51.9. The third-order valence-corrected chi connectivity index (χ3v) is 8.10. The van der Waals surface area contributed by atoms with E-state index < -0.39 is 38.7 Å². The van der Waals surface area contributed by atoms with Crippen molar-refractivity contribution >= 4 is 26.1 Å². The second-order valence-electron chi connectivity index (χ2n) is 6.54. The molecule has 0 aromatic carbocycles. The van der Waals surface area contributed by atoms with E-state index in [9.17, 15) is 18.4 Å². The van der Waals surface area contributed by atoms with Gasteiger partial charge in [0.2, 0.25) is 0 Å². The Balaban J connectivity index is 1.40. The summed E-state index contributed by atoms with van der Waals surface area (Å²) in [7, 11) is 0. The van der Waals surface area contributed by atoms with Crippen molar-refractivity contribution in [3.63, 3.8) is 0 Å². The molecule has 0 fully saturated rings. The SMILES string of the molecule is C/C=C(\C(F)=C/C1=COI1N(O)Cc1ccc(-c2nnc(C(F)F)o2)cn1)c1cccnc1. The quantitative estimate of drug-likeness (QED) is 0.156. The van der Waals surface area contributed by atoms with E-state index in [0.717, 1.165) is 3.28 Å². The fourth-order valence-corrected chi connectivity index (χ4v) is 5.69. The number of alkyl halides is 2. The van der Waals surface area contributed by atoms with E-state index in [1.807, 2.05) is 0 Å². The van der Waals surface area contributed by atoms with Gasteiger partial charge in [-0.1, -0.05) is 0 Å². The van der Waals surface area contributed by atoms with Crippen LogP contribution in [0, 0.1) is 0 Å². The molecular formula is C21H17F3IN5O3. The first-order chi connectivity index (χ1) is 16.0. The Morgan fingerprint density at radius 1 is 1.24 bits per heavy atom. The van der Waals surface area contributed by atoms with Gasteiger partial charge in [-0.05, 0) is 0 Å². The molecule has 0 atom stereocenters. The van der Waals surface area contributed by atoms with Crippen molar-refractivity contribution in [1.29, 1.82) is 0 Å². The van der Waals surface area contributed by atoms with Gasteiger partial charge in [-0.15, -0.1) is 0 Å². The monoisotopic (exact) mass is 571 g/mol. The molecule has 1 aliphatic heterocycles.